The molecule has 2 N–H and O–H groups in total. The lowest BCUT2D eigenvalue weighted by atomic mass is 10.3. The highest BCUT2D eigenvalue weighted by Gasteiger charge is 2.18. The number of hydrogen-bond acceptors (Lipinski definition) is 5. The monoisotopic (exact) mass is 486 g/mol. The molecule has 0 aromatic heterocycles. The second-order valence-electron chi connectivity index (χ2n) is 6.07. The molecule has 0 aliphatic carbocycles. The Bertz CT molecular complexity index is 1260. The summed E-state index contributed by atoms with van der Waals surface area (Å²) in [6.07, 6.45) is 0. The first-order chi connectivity index (χ1) is 14.1. The molecule has 7 nitrogen and oxygen atoms in total. The fraction of sp³-hybridized carbons (Fsp3) is 0.0526. The van der Waals surface area contributed by atoms with E-state index in [4.69, 9.17) is 27.9 Å². The zero-order valence-electron chi connectivity index (χ0n) is 15.5. The van der Waals surface area contributed by atoms with E-state index in [0.717, 1.165) is 0 Å². The number of rotatable bonds is 7. The van der Waals surface area contributed by atoms with E-state index in [1.807, 2.05) is 0 Å². The van der Waals surface area contributed by atoms with Crippen molar-refractivity contribution in [2.75, 3.05) is 16.6 Å². The maximum absolute atomic E-state index is 12.6. The van der Waals surface area contributed by atoms with Gasteiger partial charge in [-0.2, -0.15) is 0 Å². The third-order valence-electron chi connectivity index (χ3n) is 3.88. The summed E-state index contributed by atoms with van der Waals surface area (Å²) in [6, 6.07) is 15.6. The van der Waals surface area contributed by atoms with Gasteiger partial charge in [0.15, 0.2) is 0 Å². The van der Waals surface area contributed by atoms with E-state index in [-0.39, 0.29) is 31.2 Å². The van der Waals surface area contributed by atoms with Crippen LogP contribution in [0.2, 0.25) is 10.0 Å². The van der Waals surface area contributed by atoms with E-state index in [2.05, 4.69) is 9.44 Å². The standard InChI is InChI=1S/C19H16Cl2N2O5S2/c1-28-17-5-7-18(8-6-17)29(24,25)22-15-3-2-4-16(12-15)23-30(26,27)19-10-13(20)9-14(21)11-19/h2-12,22-23H,1H3. The van der Waals surface area contributed by atoms with Gasteiger partial charge < -0.3 is 4.74 Å². The molecule has 0 radical (unpaired) electrons. The van der Waals surface area contributed by atoms with Gasteiger partial charge in [-0.3, -0.25) is 9.44 Å². The topological polar surface area (TPSA) is 102 Å². The minimum Gasteiger partial charge on any atom is -0.497 e. The molecule has 0 amide bonds. The van der Waals surface area contributed by atoms with Crippen molar-refractivity contribution < 1.29 is 21.6 Å². The molecule has 0 aliphatic rings. The van der Waals surface area contributed by atoms with Crippen molar-refractivity contribution >= 4 is 54.6 Å². The molecule has 158 valence electrons. The molecule has 0 saturated carbocycles. The predicted octanol–water partition coefficient (Wildman–Crippen LogP) is 4.60. The van der Waals surface area contributed by atoms with Crippen LogP contribution in [-0.4, -0.2) is 23.9 Å². The lowest BCUT2D eigenvalue weighted by Gasteiger charge is -2.12. The maximum atomic E-state index is 12.6. The van der Waals surface area contributed by atoms with Crippen molar-refractivity contribution in [1.29, 1.82) is 0 Å². The molecular formula is C19H16Cl2N2O5S2. The summed E-state index contributed by atoms with van der Waals surface area (Å²) in [7, 11) is -6.39. The average molecular weight is 487 g/mol. The van der Waals surface area contributed by atoms with Crippen LogP contribution in [-0.2, 0) is 20.0 Å². The molecule has 3 aromatic rings. The Morgan fingerprint density at radius 1 is 0.700 bits per heavy atom. The summed E-state index contributed by atoms with van der Waals surface area (Å²) in [4.78, 5) is -0.0907. The minimum atomic E-state index is -3.99. The molecule has 3 aromatic carbocycles. The maximum Gasteiger partial charge on any atom is 0.261 e. The smallest absolute Gasteiger partial charge is 0.261 e. The first-order valence-corrected chi connectivity index (χ1v) is 12.1. The number of ether oxygens (including phenoxy) is 1. The molecule has 0 heterocycles. The van der Waals surface area contributed by atoms with Crippen molar-refractivity contribution in [3.05, 3.63) is 76.8 Å². The summed E-state index contributed by atoms with van der Waals surface area (Å²) < 4.78 is 60.2. The van der Waals surface area contributed by atoms with Gasteiger partial charge in [-0.15, -0.1) is 0 Å². The Morgan fingerprint density at radius 2 is 1.20 bits per heavy atom. The minimum absolute atomic E-state index is 0.0304. The van der Waals surface area contributed by atoms with Crippen LogP contribution >= 0.6 is 23.2 Å². The quantitative estimate of drug-likeness (QED) is 0.507. The van der Waals surface area contributed by atoms with Crippen LogP contribution in [0.1, 0.15) is 0 Å². The first kappa shape index (κ1) is 22.2. The SMILES string of the molecule is COc1ccc(S(=O)(=O)Nc2cccc(NS(=O)(=O)c3cc(Cl)cc(Cl)c3)c2)cc1. The van der Waals surface area contributed by atoms with Gasteiger partial charge in [-0.25, -0.2) is 16.8 Å². The van der Waals surface area contributed by atoms with Crippen LogP contribution in [0.25, 0.3) is 0 Å². The zero-order chi connectivity index (χ0) is 21.9. The number of nitrogens with one attached hydrogen (secondary N) is 2. The molecule has 0 unspecified atom stereocenters. The van der Waals surface area contributed by atoms with Crippen molar-refractivity contribution in [1.82, 2.24) is 0 Å². The summed E-state index contributed by atoms with van der Waals surface area (Å²) >= 11 is 11.7. The second kappa shape index (κ2) is 8.73. The number of methoxy groups -OCH3 is 1. The van der Waals surface area contributed by atoms with E-state index in [0.29, 0.717) is 5.75 Å². The first-order valence-electron chi connectivity index (χ1n) is 8.35. The van der Waals surface area contributed by atoms with Gasteiger partial charge in [0, 0.05) is 10.0 Å². The van der Waals surface area contributed by atoms with Crippen molar-refractivity contribution in [3.63, 3.8) is 0 Å². The lowest BCUT2D eigenvalue weighted by molar-refractivity contribution is 0.414. The van der Waals surface area contributed by atoms with E-state index >= 15 is 0 Å². The Balaban J connectivity index is 1.83. The fourth-order valence-electron chi connectivity index (χ4n) is 2.51. The molecule has 0 saturated heterocycles. The molecule has 0 spiro atoms. The number of benzene rings is 3. The summed E-state index contributed by atoms with van der Waals surface area (Å²) in [5, 5.41) is 0.341. The van der Waals surface area contributed by atoms with Gasteiger partial charge >= 0.3 is 0 Å². The summed E-state index contributed by atoms with van der Waals surface area (Å²) in [6.45, 7) is 0. The van der Waals surface area contributed by atoms with E-state index in [1.165, 1.54) is 73.8 Å². The molecule has 0 fully saturated rings. The average Bonchev–Trinajstić information content (AvgIpc) is 2.67. The highest BCUT2D eigenvalue weighted by Crippen LogP contribution is 2.26. The van der Waals surface area contributed by atoms with Crippen LogP contribution < -0.4 is 14.2 Å². The molecule has 0 atom stereocenters. The van der Waals surface area contributed by atoms with Gasteiger partial charge in [0.1, 0.15) is 5.75 Å². The molecule has 11 heteroatoms. The fourth-order valence-corrected chi connectivity index (χ4v) is 5.34. The van der Waals surface area contributed by atoms with Gasteiger partial charge in [0.25, 0.3) is 20.0 Å². The van der Waals surface area contributed by atoms with Crippen LogP contribution in [0.4, 0.5) is 11.4 Å². The van der Waals surface area contributed by atoms with Crippen LogP contribution in [0, 0.1) is 0 Å². The molecular weight excluding hydrogens is 471 g/mol. The van der Waals surface area contributed by atoms with Crippen LogP contribution in [0.5, 0.6) is 5.75 Å². The third-order valence-corrected chi connectivity index (χ3v) is 7.08. The third kappa shape index (κ3) is 5.37. The van der Waals surface area contributed by atoms with Gasteiger partial charge in [0.05, 0.1) is 28.3 Å². The van der Waals surface area contributed by atoms with Crippen molar-refractivity contribution in [2.24, 2.45) is 0 Å². The predicted molar refractivity (Wildman–Crippen MR) is 118 cm³/mol. The van der Waals surface area contributed by atoms with Crippen molar-refractivity contribution in [3.8, 4) is 5.75 Å². The summed E-state index contributed by atoms with van der Waals surface area (Å²) in [5.74, 6) is 0.520. The van der Waals surface area contributed by atoms with Crippen LogP contribution in [0.15, 0.2) is 76.5 Å². The second-order valence-corrected chi connectivity index (χ2v) is 10.3. The molecule has 3 rings (SSSR count). The highest BCUT2D eigenvalue weighted by molar-refractivity contribution is 7.93. The van der Waals surface area contributed by atoms with Gasteiger partial charge in [-0.1, -0.05) is 29.3 Å². The lowest BCUT2D eigenvalue weighted by Crippen LogP contribution is -2.15. The highest BCUT2D eigenvalue weighted by atomic mass is 35.5. The Hall–Kier alpha value is -2.46. The Kier molecular flexibility index (Phi) is 6.47. The summed E-state index contributed by atoms with van der Waals surface area (Å²) in [5.41, 5.74) is 0.330. The zero-order valence-corrected chi connectivity index (χ0v) is 18.6. The number of hydrogen-bond donors (Lipinski definition) is 2. The van der Waals surface area contributed by atoms with Gasteiger partial charge in [0.2, 0.25) is 0 Å². The Labute approximate surface area is 184 Å². The largest absolute Gasteiger partial charge is 0.497 e. The van der Waals surface area contributed by atoms with E-state index in [9.17, 15) is 16.8 Å². The Morgan fingerprint density at radius 3 is 1.70 bits per heavy atom. The van der Waals surface area contributed by atoms with Gasteiger partial charge in [-0.05, 0) is 60.7 Å². The van der Waals surface area contributed by atoms with E-state index < -0.39 is 20.0 Å². The van der Waals surface area contributed by atoms with E-state index in [1.54, 1.807) is 0 Å². The molecule has 0 bridgehead atoms. The van der Waals surface area contributed by atoms with Crippen molar-refractivity contribution in [2.45, 2.75) is 9.79 Å². The number of sulfonamides is 2. The van der Waals surface area contributed by atoms with Crippen LogP contribution in [0.3, 0.4) is 0 Å². The normalized spacial score (nSPS) is 11.7. The molecule has 0 aliphatic heterocycles. The number of halogens is 2. The number of anilines is 2. The molecule has 30 heavy (non-hydrogen) atoms.